The van der Waals surface area contributed by atoms with Gasteiger partial charge in [0.2, 0.25) is 0 Å². The van der Waals surface area contributed by atoms with Gasteiger partial charge in [-0.25, -0.2) is 4.98 Å². The summed E-state index contributed by atoms with van der Waals surface area (Å²) < 4.78 is 0.702. The minimum Gasteiger partial charge on any atom is -0.383 e. The second-order valence-corrected chi connectivity index (χ2v) is 4.64. The van der Waals surface area contributed by atoms with Gasteiger partial charge < -0.3 is 11.1 Å². The predicted octanol–water partition coefficient (Wildman–Crippen LogP) is 2.38. The Morgan fingerprint density at radius 2 is 2.17 bits per heavy atom. The van der Waals surface area contributed by atoms with Crippen molar-refractivity contribution in [3.05, 3.63) is 46.3 Å². The van der Waals surface area contributed by atoms with E-state index in [1.54, 1.807) is 30.6 Å². The van der Waals surface area contributed by atoms with Crippen molar-refractivity contribution in [2.75, 3.05) is 11.1 Å². The maximum Gasteiger partial charge on any atom is 0.259 e. The molecular weight excluding hydrogens is 296 g/mol. The molecule has 2 heterocycles. The summed E-state index contributed by atoms with van der Waals surface area (Å²) in [4.78, 5) is 20.0. The van der Waals surface area contributed by atoms with Crippen LogP contribution in [0.3, 0.4) is 0 Å². The van der Waals surface area contributed by atoms with Crippen LogP contribution in [0.25, 0.3) is 0 Å². The second-order valence-electron chi connectivity index (χ2n) is 3.73. The number of aryl methyl sites for hydroxylation is 1. The third-order valence-corrected chi connectivity index (χ3v) is 2.72. The molecular formula is C12H11BrN4O. The Morgan fingerprint density at radius 1 is 1.39 bits per heavy atom. The number of rotatable bonds is 2. The number of anilines is 2. The van der Waals surface area contributed by atoms with Crippen molar-refractivity contribution in [3.63, 3.8) is 0 Å². The fraction of sp³-hybridized carbons (Fsp3) is 0.0833. The molecule has 0 spiro atoms. The molecule has 0 bridgehead atoms. The molecule has 18 heavy (non-hydrogen) atoms. The maximum atomic E-state index is 12.0. The van der Waals surface area contributed by atoms with Crippen molar-refractivity contribution in [2.24, 2.45) is 0 Å². The first-order valence-corrected chi connectivity index (χ1v) is 6.00. The number of halogens is 1. The molecule has 2 rings (SSSR count). The Balaban J connectivity index is 2.24. The van der Waals surface area contributed by atoms with Crippen LogP contribution in [0.1, 0.15) is 16.1 Å². The third kappa shape index (κ3) is 2.84. The fourth-order valence-electron chi connectivity index (χ4n) is 1.45. The third-order valence-electron chi connectivity index (χ3n) is 2.28. The van der Waals surface area contributed by atoms with Crippen LogP contribution in [-0.4, -0.2) is 15.9 Å². The van der Waals surface area contributed by atoms with Gasteiger partial charge in [-0.2, -0.15) is 0 Å². The van der Waals surface area contributed by atoms with Gasteiger partial charge in [-0.05, 0) is 41.1 Å². The number of nitrogens with zero attached hydrogens (tertiary/aromatic N) is 2. The molecule has 0 aliphatic heterocycles. The largest absolute Gasteiger partial charge is 0.383 e. The second kappa shape index (κ2) is 5.14. The summed E-state index contributed by atoms with van der Waals surface area (Å²) in [6.45, 7) is 1.85. The maximum absolute atomic E-state index is 12.0. The number of nitrogens with one attached hydrogen (secondary N) is 1. The summed E-state index contributed by atoms with van der Waals surface area (Å²) in [6.07, 6.45) is 3.18. The normalized spacial score (nSPS) is 10.1. The number of hydrogen-bond acceptors (Lipinski definition) is 4. The van der Waals surface area contributed by atoms with Crippen LogP contribution in [0, 0.1) is 6.92 Å². The van der Waals surface area contributed by atoms with E-state index in [1.807, 2.05) is 6.92 Å². The van der Waals surface area contributed by atoms with Gasteiger partial charge in [0, 0.05) is 28.2 Å². The summed E-state index contributed by atoms with van der Waals surface area (Å²) in [5.74, 6) is -0.103. The molecule has 0 aromatic carbocycles. The van der Waals surface area contributed by atoms with E-state index in [1.165, 1.54) is 0 Å². The average molecular weight is 307 g/mol. The summed E-state index contributed by atoms with van der Waals surface area (Å²) in [7, 11) is 0. The minimum atomic E-state index is -0.299. The lowest BCUT2D eigenvalue weighted by atomic mass is 10.2. The fourth-order valence-corrected chi connectivity index (χ4v) is 1.78. The summed E-state index contributed by atoms with van der Waals surface area (Å²) in [5.41, 5.74) is 7.50. The van der Waals surface area contributed by atoms with Crippen LogP contribution < -0.4 is 11.1 Å². The smallest absolute Gasteiger partial charge is 0.259 e. The Labute approximate surface area is 113 Å². The van der Waals surface area contributed by atoms with E-state index in [4.69, 9.17) is 5.73 Å². The molecule has 2 aromatic heterocycles. The van der Waals surface area contributed by atoms with Crippen LogP contribution >= 0.6 is 15.9 Å². The molecule has 0 atom stereocenters. The quantitative estimate of drug-likeness (QED) is 0.892. The molecule has 0 aliphatic rings. The highest BCUT2D eigenvalue weighted by molar-refractivity contribution is 9.10. The van der Waals surface area contributed by atoms with E-state index in [2.05, 4.69) is 31.2 Å². The van der Waals surface area contributed by atoms with E-state index in [0.717, 1.165) is 5.69 Å². The highest BCUT2D eigenvalue weighted by atomic mass is 79.9. The highest BCUT2D eigenvalue weighted by Crippen LogP contribution is 2.17. The molecule has 0 aliphatic carbocycles. The zero-order valence-electron chi connectivity index (χ0n) is 9.64. The van der Waals surface area contributed by atoms with Crippen LogP contribution in [0.5, 0.6) is 0 Å². The molecule has 3 N–H and O–H groups in total. The predicted molar refractivity (Wildman–Crippen MR) is 73.3 cm³/mol. The lowest BCUT2D eigenvalue weighted by Gasteiger charge is -2.07. The molecule has 1 amide bonds. The Hall–Kier alpha value is -1.95. The van der Waals surface area contributed by atoms with Gasteiger partial charge in [-0.15, -0.1) is 0 Å². The monoisotopic (exact) mass is 306 g/mol. The molecule has 92 valence electrons. The van der Waals surface area contributed by atoms with Gasteiger partial charge in [-0.1, -0.05) is 0 Å². The number of carbonyl (C=O) groups is 1. The van der Waals surface area contributed by atoms with Crippen LogP contribution in [-0.2, 0) is 0 Å². The van der Waals surface area contributed by atoms with Crippen LogP contribution in [0.4, 0.5) is 11.5 Å². The number of aromatic nitrogens is 2. The number of nitrogens with two attached hydrogens (primary N) is 1. The van der Waals surface area contributed by atoms with Crippen LogP contribution in [0.15, 0.2) is 35.1 Å². The summed E-state index contributed by atoms with van der Waals surface area (Å²) in [5, 5.41) is 2.75. The van der Waals surface area contributed by atoms with Crippen molar-refractivity contribution >= 4 is 33.3 Å². The SMILES string of the molecule is Cc1cc(NC(=O)c2cc(Br)cnc2N)ccn1. The molecule has 0 unspecified atom stereocenters. The van der Waals surface area contributed by atoms with Gasteiger partial charge in [0.25, 0.3) is 5.91 Å². The van der Waals surface area contributed by atoms with Gasteiger partial charge in [0.05, 0.1) is 5.56 Å². The van der Waals surface area contributed by atoms with E-state index < -0.39 is 0 Å². The number of pyridine rings is 2. The topological polar surface area (TPSA) is 80.9 Å². The lowest BCUT2D eigenvalue weighted by molar-refractivity contribution is 0.102. The van der Waals surface area contributed by atoms with Crippen molar-refractivity contribution in [2.45, 2.75) is 6.92 Å². The highest BCUT2D eigenvalue weighted by Gasteiger charge is 2.11. The van der Waals surface area contributed by atoms with Gasteiger partial charge >= 0.3 is 0 Å². The van der Waals surface area contributed by atoms with Gasteiger partial charge in [0.15, 0.2) is 0 Å². The molecule has 5 nitrogen and oxygen atoms in total. The lowest BCUT2D eigenvalue weighted by Crippen LogP contribution is -2.15. The molecule has 2 aromatic rings. The van der Waals surface area contributed by atoms with Gasteiger partial charge in [-0.3, -0.25) is 9.78 Å². The summed E-state index contributed by atoms with van der Waals surface area (Å²) in [6, 6.07) is 5.12. The van der Waals surface area contributed by atoms with Crippen molar-refractivity contribution < 1.29 is 4.79 Å². The van der Waals surface area contributed by atoms with Gasteiger partial charge in [0.1, 0.15) is 5.82 Å². The Morgan fingerprint density at radius 3 is 2.89 bits per heavy atom. The first-order valence-electron chi connectivity index (χ1n) is 5.21. The standard InChI is InChI=1S/C12H11BrN4O/c1-7-4-9(2-3-15-7)17-12(18)10-5-8(13)6-16-11(10)14/h2-6H,1H3,(H2,14,16)(H,15,17,18). The van der Waals surface area contributed by atoms with Crippen molar-refractivity contribution in [1.29, 1.82) is 0 Å². The number of carbonyl (C=O) groups excluding carboxylic acids is 1. The first kappa shape index (κ1) is 12.5. The van der Waals surface area contributed by atoms with E-state index >= 15 is 0 Å². The van der Waals surface area contributed by atoms with Crippen LogP contribution in [0.2, 0.25) is 0 Å². The molecule has 6 heteroatoms. The van der Waals surface area contributed by atoms with E-state index in [-0.39, 0.29) is 11.7 Å². The Kier molecular flexibility index (Phi) is 3.57. The Bertz CT molecular complexity index is 600. The molecule has 0 radical (unpaired) electrons. The van der Waals surface area contributed by atoms with E-state index in [0.29, 0.717) is 15.7 Å². The minimum absolute atomic E-state index is 0.196. The van der Waals surface area contributed by atoms with Crippen molar-refractivity contribution in [3.8, 4) is 0 Å². The number of amides is 1. The zero-order valence-corrected chi connectivity index (χ0v) is 11.2. The molecule has 0 fully saturated rings. The number of hydrogen-bond donors (Lipinski definition) is 2. The van der Waals surface area contributed by atoms with E-state index in [9.17, 15) is 4.79 Å². The van der Waals surface area contributed by atoms with Crippen molar-refractivity contribution in [1.82, 2.24) is 9.97 Å². The first-order chi connectivity index (χ1) is 8.56. The molecule has 0 saturated carbocycles. The number of nitrogen functional groups attached to an aromatic ring is 1. The average Bonchev–Trinajstić information content (AvgIpc) is 2.32. The molecule has 0 saturated heterocycles. The summed E-state index contributed by atoms with van der Waals surface area (Å²) >= 11 is 3.25. The zero-order chi connectivity index (χ0) is 13.1.